The van der Waals surface area contributed by atoms with Crippen molar-refractivity contribution in [3.8, 4) is 6.07 Å². The SMILES string of the molecule is CCCCc1nc(C(F)(F)F)c(C#N)n1Cc1ncc(Cl)cn1. The number of imidazole rings is 1. The maximum atomic E-state index is 13.1. The van der Waals surface area contributed by atoms with Crippen molar-refractivity contribution >= 4 is 11.6 Å². The van der Waals surface area contributed by atoms with Gasteiger partial charge in [0.1, 0.15) is 17.7 Å². The molecule has 0 atom stereocenters. The Kier molecular flexibility index (Phi) is 5.21. The summed E-state index contributed by atoms with van der Waals surface area (Å²) in [7, 11) is 0. The molecule has 0 aliphatic carbocycles. The topological polar surface area (TPSA) is 67.4 Å². The average Bonchev–Trinajstić information content (AvgIpc) is 2.85. The first-order chi connectivity index (χ1) is 10.9. The normalized spacial score (nSPS) is 11.5. The van der Waals surface area contributed by atoms with Crippen LogP contribution in [0.25, 0.3) is 0 Å². The smallest absolute Gasteiger partial charge is 0.312 e. The molecule has 0 spiro atoms. The third-order valence-corrected chi connectivity index (χ3v) is 3.34. The van der Waals surface area contributed by atoms with Crippen LogP contribution in [0.2, 0.25) is 5.02 Å². The van der Waals surface area contributed by atoms with Crippen molar-refractivity contribution in [1.29, 1.82) is 5.26 Å². The summed E-state index contributed by atoms with van der Waals surface area (Å²) in [5.74, 6) is 0.462. The summed E-state index contributed by atoms with van der Waals surface area (Å²) in [6, 6.07) is 1.60. The molecule has 23 heavy (non-hydrogen) atoms. The molecule has 0 bridgehead atoms. The summed E-state index contributed by atoms with van der Waals surface area (Å²) in [5, 5.41) is 9.47. The summed E-state index contributed by atoms with van der Waals surface area (Å²) in [6.07, 6.45) is -0.173. The van der Waals surface area contributed by atoms with E-state index in [1.54, 1.807) is 6.07 Å². The molecule has 0 unspecified atom stereocenters. The highest BCUT2D eigenvalue weighted by molar-refractivity contribution is 6.30. The minimum atomic E-state index is -4.68. The molecule has 2 heterocycles. The zero-order valence-electron chi connectivity index (χ0n) is 12.2. The number of aromatic nitrogens is 4. The fourth-order valence-corrected chi connectivity index (χ4v) is 2.17. The highest BCUT2D eigenvalue weighted by atomic mass is 35.5. The van der Waals surface area contributed by atoms with Gasteiger partial charge < -0.3 is 4.57 Å². The number of rotatable bonds is 5. The van der Waals surface area contributed by atoms with Crippen LogP contribution >= 0.6 is 11.6 Å². The van der Waals surface area contributed by atoms with E-state index in [1.165, 1.54) is 17.0 Å². The zero-order valence-corrected chi connectivity index (χ0v) is 13.0. The van der Waals surface area contributed by atoms with Crippen LogP contribution < -0.4 is 0 Å². The van der Waals surface area contributed by atoms with E-state index < -0.39 is 17.6 Å². The lowest BCUT2D eigenvalue weighted by Gasteiger charge is -2.08. The number of nitriles is 1. The van der Waals surface area contributed by atoms with Crippen LogP contribution in [0.5, 0.6) is 0 Å². The van der Waals surface area contributed by atoms with E-state index in [-0.39, 0.29) is 18.2 Å². The highest BCUT2D eigenvalue weighted by Crippen LogP contribution is 2.32. The minimum Gasteiger partial charge on any atom is -0.312 e. The Bertz CT molecular complexity index is 716. The second kappa shape index (κ2) is 6.96. The number of nitrogens with zero attached hydrogens (tertiary/aromatic N) is 5. The predicted octanol–water partition coefficient (Wildman–Crippen LogP) is 3.61. The van der Waals surface area contributed by atoms with Crippen molar-refractivity contribution in [2.45, 2.75) is 38.9 Å². The fraction of sp³-hybridized carbons (Fsp3) is 0.429. The third-order valence-electron chi connectivity index (χ3n) is 3.15. The van der Waals surface area contributed by atoms with Crippen LogP contribution in [0, 0.1) is 11.3 Å². The van der Waals surface area contributed by atoms with Gasteiger partial charge in [-0.25, -0.2) is 15.0 Å². The quantitative estimate of drug-likeness (QED) is 0.831. The second-order valence-electron chi connectivity index (χ2n) is 4.84. The van der Waals surface area contributed by atoms with E-state index in [0.717, 1.165) is 6.42 Å². The largest absolute Gasteiger partial charge is 0.436 e. The molecule has 0 aromatic carbocycles. The first-order valence-corrected chi connectivity index (χ1v) is 7.27. The Labute approximate surface area is 135 Å². The third kappa shape index (κ3) is 3.99. The van der Waals surface area contributed by atoms with Crippen molar-refractivity contribution in [2.24, 2.45) is 0 Å². The molecule has 9 heteroatoms. The molecule has 0 saturated heterocycles. The van der Waals surface area contributed by atoms with Crippen LogP contribution in [-0.2, 0) is 19.1 Å². The Morgan fingerprint density at radius 1 is 1.30 bits per heavy atom. The molecule has 0 saturated carbocycles. The van der Waals surface area contributed by atoms with Crippen molar-refractivity contribution in [3.63, 3.8) is 0 Å². The van der Waals surface area contributed by atoms with Crippen LogP contribution in [0.15, 0.2) is 12.4 Å². The van der Waals surface area contributed by atoms with Gasteiger partial charge in [0.05, 0.1) is 11.6 Å². The molecule has 0 N–H and O–H groups in total. The molecule has 2 aromatic rings. The summed E-state index contributed by atoms with van der Waals surface area (Å²) in [6.45, 7) is 1.85. The summed E-state index contributed by atoms with van der Waals surface area (Å²) >= 11 is 5.69. The summed E-state index contributed by atoms with van der Waals surface area (Å²) in [5.41, 5.74) is -1.69. The number of hydrogen-bond acceptors (Lipinski definition) is 4. The van der Waals surface area contributed by atoms with Crippen LogP contribution in [-0.4, -0.2) is 19.5 Å². The molecule has 0 amide bonds. The van der Waals surface area contributed by atoms with Crippen LogP contribution in [0.4, 0.5) is 13.2 Å². The van der Waals surface area contributed by atoms with E-state index in [2.05, 4.69) is 15.0 Å². The van der Waals surface area contributed by atoms with Gasteiger partial charge in [-0.15, -0.1) is 0 Å². The number of aryl methyl sites for hydroxylation is 1. The molecule has 0 aliphatic rings. The lowest BCUT2D eigenvalue weighted by molar-refractivity contribution is -0.141. The molecule has 0 aliphatic heterocycles. The highest BCUT2D eigenvalue weighted by Gasteiger charge is 2.39. The van der Waals surface area contributed by atoms with Crippen molar-refractivity contribution in [1.82, 2.24) is 19.5 Å². The van der Waals surface area contributed by atoms with E-state index in [9.17, 15) is 13.2 Å². The van der Waals surface area contributed by atoms with Crippen molar-refractivity contribution < 1.29 is 13.2 Å². The summed E-state index contributed by atoms with van der Waals surface area (Å²) < 4.78 is 40.4. The van der Waals surface area contributed by atoms with Crippen LogP contribution in [0.3, 0.4) is 0 Å². The molecule has 2 rings (SSSR count). The lowest BCUT2D eigenvalue weighted by atomic mass is 10.2. The minimum absolute atomic E-state index is 0.0673. The first kappa shape index (κ1) is 17.2. The number of alkyl halides is 3. The van der Waals surface area contributed by atoms with Gasteiger partial charge in [0.2, 0.25) is 0 Å². The molecule has 0 fully saturated rings. The second-order valence-corrected chi connectivity index (χ2v) is 5.28. The van der Waals surface area contributed by atoms with Gasteiger partial charge in [-0.3, -0.25) is 0 Å². The monoisotopic (exact) mass is 343 g/mol. The maximum absolute atomic E-state index is 13.1. The fourth-order valence-electron chi connectivity index (χ4n) is 2.07. The van der Waals surface area contributed by atoms with Gasteiger partial charge in [0.15, 0.2) is 11.4 Å². The molecular formula is C14H13ClF3N5. The Hall–Kier alpha value is -2.14. The Morgan fingerprint density at radius 2 is 1.96 bits per heavy atom. The molecular weight excluding hydrogens is 331 g/mol. The van der Waals surface area contributed by atoms with E-state index >= 15 is 0 Å². The average molecular weight is 344 g/mol. The number of hydrogen-bond donors (Lipinski definition) is 0. The molecule has 122 valence electrons. The zero-order chi connectivity index (χ0) is 17.0. The summed E-state index contributed by atoms with van der Waals surface area (Å²) in [4.78, 5) is 11.6. The van der Waals surface area contributed by atoms with Gasteiger partial charge in [-0.1, -0.05) is 24.9 Å². The van der Waals surface area contributed by atoms with Crippen molar-refractivity contribution in [3.05, 3.63) is 40.5 Å². The Balaban J connectivity index is 2.47. The number of unbranched alkanes of at least 4 members (excludes halogenated alkanes) is 1. The standard InChI is InChI=1S/C14H13ClF3N5/c1-2-3-4-12-22-13(14(16,17)18)10(5-19)23(12)8-11-20-6-9(15)7-21-11/h6-7H,2-4,8H2,1H3. The van der Waals surface area contributed by atoms with E-state index in [0.29, 0.717) is 17.9 Å². The molecule has 0 radical (unpaired) electrons. The van der Waals surface area contributed by atoms with Gasteiger partial charge in [0, 0.05) is 18.8 Å². The van der Waals surface area contributed by atoms with Gasteiger partial charge in [0.25, 0.3) is 0 Å². The van der Waals surface area contributed by atoms with Crippen molar-refractivity contribution in [2.75, 3.05) is 0 Å². The molecule has 5 nitrogen and oxygen atoms in total. The predicted molar refractivity (Wildman–Crippen MR) is 76.7 cm³/mol. The maximum Gasteiger partial charge on any atom is 0.436 e. The van der Waals surface area contributed by atoms with Gasteiger partial charge in [-0.2, -0.15) is 18.4 Å². The van der Waals surface area contributed by atoms with Gasteiger partial charge in [-0.05, 0) is 6.42 Å². The number of halogens is 4. The lowest BCUT2D eigenvalue weighted by Crippen LogP contribution is -2.12. The Morgan fingerprint density at radius 3 is 2.48 bits per heavy atom. The van der Waals surface area contributed by atoms with Crippen LogP contribution in [0.1, 0.15) is 42.8 Å². The van der Waals surface area contributed by atoms with Gasteiger partial charge >= 0.3 is 6.18 Å². The van der Waals surface area contributed by atoms with E-state index in [1.807, 2.05) is 6.92 Å². The van der Waals surface area contributed by atoms with E-state index in [4.69, 9.17) is 16.9 Å². The molecule has 2 aromatic heterocycles. The first-order valence-electron chi connectivity index (χ1n) is 6.90.